The van der Waals surface area contributed by atoms with Crippen molar-refractivity contribution in [1.82, 2.24) is 5.32 Å². The van der Waals surface area contributed by atoms with Crippen molar-refractivity contribution >= 4 is 11.9 Å². The smallest absolute Gasteiger partial charge is 0.364 e. The maximum absolute atomic E-state index is 11.1. The molecule has 122 valence electrons. The number of amides is 1. The predicted molar refractivity (Wildman–Crippen MR) is 64.8 cm³/mol. The molecule has 1 aliphatic heterocycles. The Labute approximate surface area is 119 Å². The molecule has 0 aliphatic carbocycles. The molecule has 0 spiro atoms. The summed E-state index contributed by atoms with van der Waals surface area (Å²) in [6, 6.07) is -1.27. The molecule has 10 heteroatoms. The lowest BCUT2D eigenvalue weighted by atomic mass is 9.88. The van der Waals surface area contributed by atoms with Gasteiger partial charge in [0.15, 0.2) is 0 Å². The molecule has 1 fully saturated rings. The van der Waals surface area contributed by atoms with Gasteiger partial charge in [0.1, 0.15) is 18.3 Å². The number of carbonyl (C=O) groups is 2. The second kappa shape index (κ2) is 6.64. The Kier molecular flexibility index (Phi) is 5.61. The fourth-order valence-corrected chi connectivity index (χ4v) is 2.14. The summed E-state index contributed by atoms with van der Waals surface area (Å²) in [6.07, 6.45) is -7.48. The van der Waals surface area contributed by atoms with Gasteiger partial charge in [-0.05, 0) is 0 Å². The van der Waals surface area contributed by atoms with Crippen LogP contribution in [0.5, 0.6) is 0 Å². The zero-order valence-electron chi connectivity index (χ0n) is 11.2. The van der Waals surface area contributed by atoms with Crippen LogP contribution in [-0.2, 0) is 14.3 Å². The lowest BCUT2D eigenvalue weighted by Gasteiger charge is -2.44. The topological polar surface area (TPSA) is 177 Å². The van der Waals surface area contributed by atoms with Crippen LogP contribution in [-0.4, -0.2) is 85.4 Å². The van der Waals surface area contributed by atoms with Crippen LogP contribution in [0.15, 0.2) is 0 Å². The lowest BCUT2D eigenvalue weighted by molar-refractivity contribution is -0.295. The first kappa shape index (κ1) is 17.8. The number of rotatable bonds is 5. The highest BCUT2D eigenvalue weighted by Gasteiger charge is 2.53. The second-order valence-corrected chi connectivity index (χ2v) is 4.91. The summed E-state index contributed by atoms with van der Waals surface area (Å²) < 4.78 is 4.86. The maximum atomic E-state index is 11.1. The van der Waals surface area contributed by atoms with Crippen LogP contribution in [0, 0.1) is 0 Å². The molecule has 1 heterocycles. The summed E-state index contributed by atoms with van der Waals surface area (Å²) in [5, 5.41) is 59.0. The summed E-state index contributed by atoms with van der Waals surface area (Å²) in [4.78, 5) is 22.1. The fourth-order valence-electron chi connectivity index (χ4n) is 2.14. The van der Waals surface area contributed by atoms with Crippen molar-refractivity contribution in [1.29, 1.82) is 0 Å². The SMILES string of the molecule is CC(=O)N[C@@H]1[C@@H]([C@H](O)[C@@H](O)CO)O[C@](O)(C(=O)O)C[C@H]1O. The Morgan fingerprint density at radius 3 is 2.43 bits per heavy atom. The van der Waals surface area contributed by atoms with Gasteiger partial charge in [0.05, 0.1) is 18.8 Å². The zero-order chi connectivity index (χ0) is 16.4. The third kappa shape index (κ3) is 3.87. The molecule has 0 saturated carbocycles. The number of hydrogen-bond acceptors (Lipinski definition) is 8. The highest BCUT2D eigenvalue weighted by molar-refractivity contribution is 5.76. The molecule has 0 aromatic heterocycles. The van der Waals surface area contributed by atoms with Gasteiger partial charge in [-0.2, -0.15) is 0 Å². The van der Waals surface area contributed by atoms with E-state index in [1.165, 1.54) is 0 Å². The minimum absolute atomic E-state index is 0.598. The largest absolute Gasteiger partial charge is 0.477 e. The quantitative estimate of drug-likeness (QED) is 0.268. The van der Waals surface area contributed by atoms with E-state index in [1.54, 1.807) is 0 Å². The minimum atomic E-state index is -2.78. The van der Waals surface area contributed by atoms with Crippen molar-refractivity contribution < 1.29 is 45.0 Å². The molecule has 21 heavy (non-hydrogen) atoms. The van der Waals surface area contributed by atoms with Gasteiger partial charge in [-0.15, -0.1) is 0 Å². The average Bonchev–Trinajstić information content (AvgIpc) is 2.39. The number of nitrogens with one attached hydrogen (secondary N) is 1. The Hall–Kier alpha value is -1.30. The first-order valence-corrected chi connectivity index (χ1v) is 6.18. The molecule has 6 atom stereocenters. The van der Waals surface area contributed by atoms with E-state index >= 15 is 0 Å². The number of aliphatic hydroxyl groups excluding tert-OH is 4. The zero-order valence-corrected chi connectivity index (χ0v) is 11.2. The number of hydrogen-bond donors (Lipinski definition) is 7. The van der Waals surface area contributed by atoms with Crippen molar-refractivity contribution in [2.45, 2.75) is 49.6 Å². The van der Waals surface area contributed by atoms with Gasteiger partial charge >= 0.3 is 5.97 Å². The molecular formula is C11H19NO9. The molecule has 7 N–H and O–H groups in total. The average molecular weight is 309 g/mol. The van der Waals surface area contributed by atoms with E-state index in [4.69, 9.17) is 14.9 Å². The number of carboxylic acid groups (broad SMARTS) is 1. The lowest BCUT2D eigenvalue weighted by Crippen LogP contribution is -2.67. The molecule has 0 bridgehead atoms. The normalized spacial score (nSPS) is 35.8. The van der Waals surface area contributed by atoms with Crippen molar-refractivity contribution in [2.24, 2.45) is 0 Å². The van der Waals surface area contributed by atoms with E-state index < -0.39 is 61.1 Å². The van der Waals surface area contributed by atoms with E-state index in [9.17, 15) is 30.0 Å². The molecule has 1 amide bonds. The first-order valence-electron chi connectivity index (χ1n) is 6.18. The van der Waals surface area contributed by atoms with E-state index in [1.807, 2.05) is 0 Å². The summed E-state index contributed by atoms with van der Waals surface area (Å²) >= 11 is 0. The van der Waals surface area contributed by atoms with E-state index in [0.717, 1.165) is 6.92 Å². The standard InChI is InChI=1S/C11H19NO9/c1-4(14)12-7-5(15)2-11(20,10(18)19)21-9(7)8(17)6(16)3-13/h5-9,13,15-17,20H,2-3H2,1H3,(H,12,14)(H,18,19)/t5-,6+,7+,8-,9+,11+/m1/s1. The monoisotopic (exact) mass is 309 g/mol. The summed E-state index contributed by atoms with van der Waals surface area (Å²) in [7, 11) is 0. The van der Waals surface area contributed by atoms with E-state index in [2.05, 4.69) is 5.32 Å². The fraction of sp³-hybridized carbons (Fsp3) is 0.818. The van der Waals surface area contributed by atoms with Crippen LogP contribution in [0.3, 0.4) is 0 Å². The van der Waals surface area contributed by atoms with E-state index in [-0.39, 0.29) is 0 Å². The third-order valence-corrected chi connectivity index (χ3v) is 3.21. The minimum Gasteiger partial charge on any atom is -0.477 e. The van der Waals surface area contributed by atoms with Crippen LogP contribution in [0.25, 0.3) is 0 Å². The van der Waals surface area contributed by atoms with Gasteiger partial charge < -0.3 is 40.7 Å². The maximum Gasteiger partial charge on any atom is 0.364 e. The van der Waals surface area contributed by atoms with Gasteiger partial charge in [0.2, 0.25) is 5.91 Å². The van der Waals surface area contributed by atoms with Crippen molar-refractivity contribution in [3.8, 4) is 0 Å². The number of ether oxygens (including phenoxy) is 1. The molecule has 0 unspecified atom stereocenters. The highest BCUT2D eigenvalue weighted by Crippen LogP contribution is 2.30. The van der Waals surface area contributed by atoms with Gasteiger partial charge in [-0.25, -0.2) is 4.79 Å². The molecule has 0 aromatic carbocycles. The van der Waals surface area contributed by atoms with Gasteiger partial charge in [-0.3, -0.25) is 4.79 Å². The van der Waals surface area contributed by atoms with Crippen LogP contribution >= 0.6 is 0 Å². The van der Waals surface area contributed by atoms with Crippen molar-refractivity contribution in [3.05, 3.63) is 0 Å². The number of aliphatic carboxylic acids is 1. The molecule has 1 rings (SSSR count). The van der Waals surface area contributed by atoms with Gasteiger partial charge in [0.25, 0.3) is 5.79 Å². The Morgan fingerprint density at radius 1 is 1.43 bits per heavy atom. The first-order chi connectivity index (χ1) is 9.62. The van der Waals surface area contributed by atoms with Gasteiger partial charge in [0, 0.05) is 13.3 Å². The molecule has 0 radical (unpaired) electrons. The van der Waals surface area contributed by atoms with Crippen LogP contribution < -0.4 is 5.32 Å². The van der Waals surface area contributed by atoms with E-state index in [0.29, 0.717) is 0 Å². The molecule has 0 aromatic rings. The molecule has 1 saturated heterocycles. The van der Waals surface area contributed by atoms with Crippen LogP contribution in [0.4, 0.5) is 0 Å². The summed E-state index contributed by atoms with van der Waals surface area (Å²) in [5.74, 6) is -5.17. The number of carboxylic acids is 1. The van der Waals surface area contributed by atoms with Crippen molar-refractivity contribution in [3.63, 3.8) is 0 Å². The molecular weight excluding hydrogens is 290 g/mol. The number of carbonyl (C=O) groups excluding carboxylic acids is 1. The summed E-state index contributed by atoms with van der Waals surface area (Å²) in [6.45, 7) is 0.256. The second-order valence-electron chi connectivity index (χ2n) is 4.91. The van der Waals surface area contributed by atoms with Crippen LogP contribution in [0.2, 0.25) is 0 Å². The predicted octanol–water partition coefficient (Wildman–Crippen LogP) is -3.87. The van der Waals surface area contributed by atoms with Gasteiger partial charge in [-0.1, -0.05) is 0 Å². The van der Waals surface area contributed by atoms with Crippen molar-refractivity contribution in [2.75, 3.05) is 6.61 Å². The Balaban J connectivity index is 3.07. The molecule has 1 aliphatic rings. The summed E-state index contributed by atoms with van der Waals surface area (Å²) in [5.41, 5.74) is 0. The van der Waals surface area contributed by atoms with Crippen LogP contribution in [0.1, 0.15) is 13.3 Å². The Morgan fingerprint density at radius 2 is 2.00 bits per heavy atom. The number of aliphatic hydroxyl groups is 5. The molecule has 10 nitrogen and oxygen atoms in total. The third-order valence-electron chi connectivity index (χ3n) is 3.21. The highest BCUT2D eigenvalue weighted by atomic mass is 16.7. The Bertz CT molecular complexity index is 403.